The lowest BCUT2D eigenvalue weighted by Crippen LogP contribution is -2.36. The second-order valence-electron chi connectivity index (χ2n) is 11.5. The molecule has 0 aliphatic carbocycles. The first-order valence-electron chi connectivity index (χ1n) is 14.7. The number of aryl methyl sites for hydroxylation is 2. The van der Waals surface area contributed by atoms with Crippen molar-refractivity contribution in [1.82, 2.24) is 0 Å². The van der Waals surface area contributed by atoms with E-state index in [1.54, 1.807) is 24.3 Å². The van der Waals surface area contributed by atoms with Crippen LogP contribution in [-0.4, -0.2) is 99.3 Å². The van der Waals surface area contributed by atoms with Crippen molar-refractivity contribution >= 4 is 20.2 Å². The lowest BCUT2D eigenvalue weighted by molar-refractivity contribution is -0.0973. The molecule has 4 N–H and O–H groups in total. The van der Waals surface area contributed by atoms with Crippen molar-refractivity contribution < 1.29 is 55.1 Å². The Morgan fingerprint density at radius 1 is 0.591 bits per heavy atom. The molecule has 2 heterocycles. The largest absolute Gasteiger partial charge is 0.390 e. The highest BCUT2D eigenvalue weighted by atomic mass is 32.2. The summed E-state index contributed by atoms with van der Waals surface area (Å²) in [4.78, 5) is -0.0260. The molecule has 0 aromatic heterocycles. The van der Waals surface area contributed by atoms with E-state index in [0.29, 0.717) is 25.7 Å². The first-order chi connectivity index (χ1) is 20.7. The van der Waals surface area contributed by atoms with Gasteiger partial charge in [0, 0.05) is 0 Å². The Bertz CT molecular complexity index is 1300. The van der Waals surface area contributed by atoms with E-state index >= 15 is 0 Å². The van der Waals surface area contributed by atoms with Crippen LogP contribution in [0.4, 0.5) is 0 Å². The van der Waals surface area contributed by atoms with Gasteiger partial charge in [-0.1, -0.05) is 35.4 Å². The van der Waals surface area contributed by atoms with Gasteiger partial charge in [-0.25, -0.2) is 0 Å². The van der Waals surface area contributed by atoms with Crippen LogP contribution in [-0.2, 0) is 38.1 Å². The van der Waals surface area contributed by atoms with Crippen LogP contribution in [0.2, 0.25) is 0 Å². The quantitative estimate of drug-likeness (QED) is 0.204. The van der Waals surface area contributed by atoms with Crippen molar-refractivity contribution in [3.63, 3.8) is 0 Å². The summed E-state index contributed by atoms with van der Waals surface area (Å²) in [5.74, 6) is 0. The van der Waals surface area contributed by atoms with E-state index in [1.165, 1.54) is 24.3 Å². The normalized spacial score (nSPS) is 25.5. The van der Waals surface area contributed by atoms with Gasteiger partial charge in [-0.2, -0.15) is 16.8 Å². The zero-order valence-electron chi connectivity index (χ0n) is 24.8. The van der Waals surface area contributed by atoms with Gasteiger partial charge in [0.2, 0.25) is 0 Å². The SMILES string of the molecule is Cc1ccc(S(=O)(=O)OC[C@H](O)[C@H]2CC[C@@H]([C@@H](O)CC[C@H](O)[C@@H]3CC[C@H]([C@@H](O)COS(=O)(=O)c4ccc(C)cc4)O3)O2)cc1. The standard InChI is InChI=1S/C30H42O12S2/c1-19-3-7-21(8-4-19)43(35,36)39-17-25(33)29-15-13-27(41-29)23(31)11-12-24(32)28-14-16-30(42-28)26(34)18-40-44(37,38)22-9-5-20(2)6-10-22/h3-10,23-34H,11-18H2,1-2H3/t23-,24-,25-,26-,27-,28-,29+,30+/m0/s1. The highest BCUT2D eigenvalue weighted by molar-refractivity contribution is 7.87. The van der Waals surface area contributed by atoms with Gasteiger partial charge in [0.15, 0.2) is 0 Å². The van der Waals surface area contributed by atoms with Crippen LogP contribution in [0, 0.1) is 13.8 Å². The maximum Gasteiger partial charge on any atom is 0.297 e. The maximum atomic E-state index is 12.4. The van der Waals surface area contributed by atoms with Crippen molar-refractivity contribution in [3.8, 4) is 0 Å². The first kappa shape index (κ1) is 34.9. The highest BCUT2D eigenvalue weighted by Gasteiger charge is 2.38. The summed E-state index contributed by atoms with van der Waals surface area (Å²) in [5, 5.41) is 42.3. The molecular formula is C30H42O12S2. The summed E-state index contributed by atoms with van der Waals surface area (Å²) in [6, 6.07) is 12.3. The number of aliphatic hydroxyl groups excluding tert-OH is 4. The summed E-state index contributed by atoms with van der Waals surface area (Å²) in [7, 11) is -8.09. The minimum atomic E-state index is -4.04. The van der Waals surface area contributed by atoms with Gasteiger partial charge < -0.3 is 29.9 Å². The van der Waals surface area contributed by atoms with Crippen LogP contribution < -0.4 is 0 Å². The fraction of sp³-hybridized carbons (Fsp3) is 0.600. The number of hydrogen-bond acceptors (Lipinski definition) is 12. The smallest absolute Gasteiger partial charge is 0.297 e. The molecule has 2 aromatic carbocycles. The molecular weight excluding hydrogens is 616 g/mol. The zero-order chi connectivity index (χ0) is 32.1. The number of hydrogen-bond donors (Lipinski definition) is 4. The van der Waals surface area contributed by atoms with Gasteiger partial charge in [-0.3, -0.25) is 8.37 Å². The van der Waals surface area contributed by atoms with Crippen LogP contribution in [0.1, 0.15) is 49.7 Å². The molecule has 2 saturated heterocycles. The zero-order valence-corrected chi connectivity index (χ0v) is 26.4. The Balaban J connectivity index is 1.16. The molecule has 0 spiro atoms. The van der Waals surface area contributed by atoms with Crippen LogP contribution in [0.15, 0.2) is 58.3 Å². The maximum absolute atomic E-state index is 12.4. The summed E-state index contributed by atoms with van der Waals surface area (Å²) in [6.45, 7) is 2.68. The van der Waals surface area contributed by atoms with Gasteiger partial charge in [-0.05, 0) is 76.6 Å². The minimum Gasteiger partial charge on any atom is -0.390 e. The molecule has 2 aliphatic heterocycles. The van der Waals surface area contributed by atoms with Crippen molar-refractivity contribution in [1.29, 1.82) is 0 Å². The summed E-state index contributed by atoms with van der Waals surface area (Å²) >= 11 is 0. The lowest BCUT2D eigenvalue weighted by atomic mass is 9.99. The molecule has 2 aromatic rings. The van der Waals surface area contributed by atoms with Crippen LogP contribution in [0.5, 0.6) is 0 Å². The first-order valence-corrected chi connectivity index (χ1v) is 17.5. The molecule has 2 fully saturated rings. The molecule has 2 aliphatic rings. The monoisotopic (exact) mass is 658 g/mol. The molecule has 44 heavy (non-hydrogen) atoms. The molecule has 4 rings (SSSR count). The van der Waals surface area contributed by atoms with E-state index in [1.807, 2.05) is 13.8 Å². The number of rotatable bonds is 15. The lowest BCUT2D eigenvalue weighted by Gasteiger charge is -2.25. The Hall–Kier alpha value is -1.98. The van der Waals surface area contributed by atoms with Gasteiger partial charge >= 0.3 is 0 Å². The molecule has 8 atom stereocenters. The van der Waals surface area contributed by atoms with Gasteiger partial charge in [0.25, 0.3) is 20.2 Å². The molecule has 0 bridgehead atoms. The third kappa shape index (κ3) is 9.28. The summed E-state index contributed by atoms with van der Waals surface area (Å²) in [5.41, 5.74) is 1.79. The molecule has 12 nitrogen and oxygen atoms in total. The number of aliphatic hydroxyl groups is 4. The second-order valence-corrected chi connectivity index (χ2v) is 14.8. The van der Waals surface area contributed by atoms with E-state index in [0.717, 1.165) is 11.1 Å². The predicted molar refractivity (Wildman–Crippen MR) is 158 cm³/mol. The third-order valence-electron chi connectivity index (χ3n) is 8.05. The minimum absolute atomic E-state index is 0.0130. The summed E-state index contributed by atoms with van der Waals surface area (Å²) in [6.07, 6.45) is -4.96. The molecule has 0 saturated carbocycles. The molecule has 246 valence electrons. The molecule has 0 amide bonds. The van der Waals surface area contributed by atoms with E-state index in [9.17, 15) is 37.3 Å². The Labute approximate surface area is 258 Å². The van der Waals surface area contributed by atoms with Crippen molar-refractivity contribution in [3.05, 3.63) is 59.7 Å². The molecule has 0 unspecified atom stereocenters. The van der Waals surface area contributed by atoms with Gasteiger partial charge in [0.1, 0.15) is 12.2 Å². The van der Waals surface area contributed by atoms with E-state index in [-0.39, 0.29) is 22.6 Å². The average molecular weight is 659 g/mol. The van der Waals surface area contributed by atoms with Crippen LogP contribution in [0.3, 0.4) is 0 Å². The van der Waals surface area contributed by atoms with E-state index in [2.05, 4.69) is 0 Å². The number of ether oxygens (including phenoxy) is 2. The van der Waals surface area contributed by atoms with Gasteiger partial charge in [0.05, 0.1) is 59.6 Å². The van der Waals surface area contributed by atoms with E-state index in [4.69, 9.17) is 17.8 Å². The third-order valence-corrected chi connectivity index (χ3v) is 10.6. The topological polar surface area (TPSA) is 186 Å². The van der Waals surface area contributed by atoms with Crippen molar-refractivity contribution in [2.75, 3.05) is 13.2 Å². The average Bonchev–Trinajstić information content (AvgIpc) is 3.69. The summed E-state index contributed by atoms with van der Waals surface area (Å²) < 4.78 is 71.2. The Morgan fingerprint density at radius 2 is 0.886 bits per heavy atom. The Morgan fingerprint density at radius 3 is 1.20 bits per heavy atom. The van der Waals surface area contributed by atoms with Crippen molar-refractivity contribution in [2.45, 2.75) is 111 Å². The predicted octanol–water partition coefficient (Wildman–Crippen LogP) is 1.73. The van der Waals surface area contributed by atoms with Gasteiger partial charge in [-0.15, -0.1) is 0 Å². The second kappa shape index (κ2) is 15.1. The fourth-order valence-corrected chi connectivity index (χ4v) is 7.15. The molecule has 0 radical (unpaired) electrons. The number of benzene rings is 2. The van der Waals surface area contributed by atoms with Crippen molar-refractivity contribution in [2.24, 2.45) is 0 Å². The Kier molecular flexibility index (Phi) is 12.0. The fourth-order valence-electron chi connectivity index (χ4n) is 5.30. The molecule has 14 heteroatoms. The van der Waals surface area contributed by atoms with E-state index < -0.39 is 82.3 Å². The van der Waals surface area contributed by atoms with Crippen LogP contribution >= 0.6 is 0 Å². The van der Waals surface area contributed by atoms with Crippen LogP contribution in [0.25, 0.3) is 0 Å². The highest BCUT2D eigenvalue weighted by Crippen LogP contribution is 2.30.